The van der Waals surface area contributed by atoms with Crippen molar-refractivity contribution in [1.82, 2.24) is 31.1 Å². The van der Waals surface area contributed by atoms with E-state index >= 15 is 0 Å². The highest BCUT2D eigenvalue weighted by Gasteiger charge is 2.41. The first kappa shape index (κ1) is 34.6. The zero-order chi connectivity index (χ0) is 34.2. The van der Waals surface area contributed by atoms with Gasteiger partial charge in [-0.05, 0) is 42.7 Å². The fraction of sp³-hybridized carbons (Fsp3) is 0.500. The van der Waals surface area contributed by atoms with Crippen LogP contribution in [-0.2, 0) is 41.6 Å². The Morgan fingerprint density at radius 3 is 1.81 bits per heavy atom. The van der Waals surface area contributed by atoms with Crippen LogP contribution in [0.2, 0.25) is 0 Å². The van der Waals surface area contributed by atoms with Crippen molar-refractivity contribution in [3.63, 3.8) is 0 Å². The van der Waals surface area contributed by atoms with Crippen LogP contribution in [0.1, 0.15) is 57.1 Å². The number of carbonyl (C=O) groups excluding carboxylic acids is 6. The number of hydrogen-bond donors (Lipinski definition) is 4. The Labute approximate surface area is 281 Å². The van der Waals surface area contributed by atoms with Crippen molar-refractivity contribution in [3.05, 3.63) is 71.8 Å². The average Bonchev–Trinajstić information content (AvgIpc) is 3.80. The molecule has 0 aliphatic carbocycles. The van der Waals surface area contributed by atoms with Gasteiger partial charge in [-0.1, -0.05) is 80.9 Å². The van der Waals surface area contributed by atoms with E-state index in [0.717, 1.165) is 11.1 Å². The summed E-state index contributed by atoms with van der Waals surface area (Å²) in [7, 11) is 0. The zero-order valence-electron chi connectivity index (χ0n) is 27.7. The second-order valence-electron chi connectivity index (χ2n) is 13.0. The Hall–Kier alpha value is -4.74. The molecule has 0 aromatic heterocycles. The molecule has 3 aliphatic heterocycles. The molecule has 3 aliphatic rings. The number of fused-ring (bicyclic) bond motifs is 2. The maximum absolute atomic E-state index is 14.2. The van der Waals surface area contributed by atoms with Crippen LogP contribution in [-0.4, -0.2) is 95.1 Å². The minimum Gasteiger partial charge on any atom is -0.345 e. The van der Waals surface area contributed by atoms with Crippen LogP contribution in [0.4, 0.5) is 0 Å². The Morgan fingerprint density at radius 2 is 1.21 bits per heavy atom. The molecule has 6 unspecified atom stereocenters. The number of nitrogens with one attached hydrogen (secondary N) is 4. The SMILES string of the molecule is CCC(C)C1NC(=O)C2CCCN2C(=O)CNC(=O)C2CCCN2C(=O)C(Cc2ccccc2)NC(=O)C(Cc2ccccc2)NC1=O. The summed E-state index contributed by atoms with van der Waals surface area (Å²) in [6.07, 6.45) is 2.90. The molecular weight excluding hydrogens is 612 g/mol. The molecule has 6 amide bonds. The summed E-state index contributed by atoms with van der Waals surface area (Å²) in [5, 5.41) is 11.4. The molecule has 2 aromatic carbocycles. The highest BCUT2D eigenvalue weighted by molar-refractivity contribution is 5.98. The molecule has 0 radical (unpaired) electrons. The third kappa shape index (κ3) is 8.21. The van der Waals surface area contributed by atoms with Gasteiger partial charge in [0.1, 0.15) is 30.2 Å². The zero-order valence-corrected chi connectivity index (χ0v) is 27.7. The van der Waals surface area contributed by atoms with Gasteiger partial charge >= 0.3 is 0 Å². The number of amides is 6. The van der Waals surface area contributed by atoms with Crippen molar-refractivity contribution < 1.29 is 28.8 Å². The topological polar surface area (TPSA) is 157 Å². The third-order valence-electron chi connectivity index (χ3n) is 9.73. The van der Waals surface area contributed by atoms with Gasteiger partial charge in [0.15, 0.2) is 0 Å². The molecule has 2 aromatic rings. The van der Waals surface area contributed by atoms with Gasteiger partial charge in [-0.25, -0.2) is 0 Å². The van der Waals surface area contributed by atoms with E-state index in [1.165, 1.54) is 9.80 Å². The standard InChI is InChI=1S/C36H46N6O6/c1-3-23(2)31-35(47)38-26(20-24-12-6-4-7-13-24)32(44)39-27(21-25-14-8-5-9-15-25)36(48)42-19-11-16-28(42)33(45)37-22-30(43)41-18-10-17-29(41)34(46)40-31/h4-9,12-15,23,26-29,31H,3,10-11,16-22H2,1-2H3,(H,37,45)(H,38,47)(H,39,44)(H,40,46). The minimum absolute atomic E-state index is 0.144. The summed E-state index contributed by atoms with van der Waals surface area (Å²) >= 11 is 0. The highest BCUT2D eigenvalue weighted by Crippen LogP contribution is 2.22. The summed E-state index contributed by atoms with van der Waals surface area (Å²) in [5.74, 6) is -3.08. The van der Waals surface area contributed by atoms with E-state index < -0.39 is 65.7 Å². The predicted molar refractivity (Wildman–Crippen MR) is 178 cm³/mol. The molecule has 0 spiro atoms. The van der Waals surface area contributed by atoms with Crippen LogP contribution in [0.3, 0.4) is 0 Å². The maximum Gasteiger partial charge on any atom is 0.246 e. The van der Waals surface area contributed by atoms with E-state index in [1.807, 2.05) is 74.5 Å². The molecular formula is C36H46N6O6. The van der Waals surface area contributed by atoms with Crippen LogP contribution in [0.25, 0.3) is 0 Å². The van der Waals surface area contributed by atoms with Crippen molar-refractivity contribution in [2.75, 3.05) is 19.6 Å². The van der Waals surface area contributed by atoms with Crippen molar-refractivity contribution >= 4 is 35.4 Å². The lowest BCUT2D eigenvalue weighted by Gasteiger charge is -2.32. The van der Waals surface area contributed by atoms with Crippen LogP contribution >= 0.6 is 0 Å². The Kier molecular flexibility index (Phi) is 11.5. The van der Waals surface area contributed by atoms with E-state index in [9.17, 15) is 28.8 Å². The smallest absolute Gasteiger partial charge is 0.246 e. The first-order valence-corrected chi connectivity index (χ1v) is 17.0. The van der Waals surface area contributed by atoms with Gasteiger partial charge < -0.3 is 31.1 Å². The van der Waals surface area contributed by atoms with E-state index in [2.05, 4.69) is 21.3 Å². The average molecular weight is 659 g/mol. The largest absolute Gasteiger partial charge is 0.345 e. The van der Waals surface area contributed by atoms with Gasteiger partial charge in [-0.15, -0.1) is 0 Å². The van der Waals surface area contributed by atoms with Crippen molar-refractivity contribution in [3.8, 4) is 0 Å². The Bertz CT molecular complexity index is 1490. The molecule has 0 bridgehead atoms. The molecule has 4 N–H and O–H groups in total. The molecule has 12 heteroatoms. The normalized spacial score (nSPS) is 26.8. The fourth-order valence-electron chi connectivity index (χ4n) is 6.82. The van der Waals surface area contributed by atoms with Gasteiger partial charge in [0, 0.05) is 25.9 Å². The molecule has 3 saturated heterocycles. The van der Waals surface area contributed by atoms with Crippen LogP contribution in [0.15, 0.2) is 60.7 Å². The summed E-state index contributed by atoms with van der Waals surface area (Å²) in [6.45, 7) is 4.10. The third-order valence-corrected chi connectivity index (χ3v) is 9.73. The van der Waals surface area contributed by atoms with Crippen LogP contribution in [0.5, 0.6) is 0 Å². The van der Waals surface area contributed by atoms with E-state index in [4.69, 9.17) is 0 Å². The maximum atomic E-state index is 14.2. The molecule has 12 nitrogen and oxygen atoms in total. The van der Waals surface area contributed by atoms with Crippen LogP contribution in [0, 0.1) is 5.92 Å². The minimum atomic E-state index is -1.07. The molecule has 48 heavy (non-hydrogen) atoms. The van der Waals surface area contributed by atoms with Crippen molar-refractivity contribution in [2.45, 2.75) is 89.0 Å². The summed E-state index contributed by atoms with van der Waals surface area (Å²) < 4.78 is 0. The lowest BCUT2D eigenvalue weighted by molar-refractivity contribution is -0.143. The Balaban J connectivity index is 1.51. The van der Waals surface area contributed by atoms with Gasteiger partial charge in [0.25, 0.3) is 0 Å². The lowest BCUT2D eigenvalue weighted by Crippen LogP contribution is -2.61. The predicted octanol–water partition coefficient (Wildman–Crippen LogP) is 1.08. The monoisotopic (exact) mass is 658 g/mol. The quantitative estimate of drug-likeness (QED) is 0.364. The second-order valence-corrected chi connectivity index (χ2v) is 13.0. The van der Waals surface area contributed by atoms with Gasteiger partial charge in [0.05, 0.1) is 6.54 Å². The van der Waals surface area contributed by atoms with Crippen molar-refractivity contribution in [2.24, 2.45) is 5.92 Å². The highest BCUT2D eigenvalue weighted by atomic mass is 16.2. The Morgan fingerprint density at radius 1 is 0.667 bits per heavy atom. The van der Waals surface area contributed by atoms with E-state index in [1.54, 1.807) is 0 Å². The number of hydrogen-bond acceptors (Lipinski definition) is 6. The first-order valence-electron chi connectivity index (χ1n) is 17.0. The van der Waals surface area contributed by atoms with Crippen LogP contribution < -0.4 is 21.3 Å². The first-order chi connectivity index (χ1) is 23.2. The molecule has 256 valence electrons. The number of nitrogens with zero attached hydrogens (tertiary/aromatic N) is 2. The molecule has 5 rings (SSSR count). The molecule has 6 atom stereocenters. The lowest BCUT2D eigenvalue weighted by atomic mass is 9.96. The number of carbonyl (C=O) groups is 6. The van der Waals surface area contributed by atoms with Gasteiger partial charge in [0.2, 0.25) is 35.4 Å². The van der Waals surface area contributed by atoms with Crippen molar-refractivity contribution in [1.29, 1.82) is 0 Å². The number of benzene rings is 2. The number of rotatable bonds is 6. The summed E-state index contributed by atoms with van der Waals surface area (Å²) in [6, 6.07) is 13.8. The van der Waals surface area contributed by atoms with E-state index in [0.29, 0.717) is 45.2 Å². The second kappa shape index (κ2) is 15.9. The summed E-state index contributed by atoms with van der Waals surface area (Å²) in [4.78, 5) is 85.6. The molecule has 0 saturated carbocycles. The summed E-state index contributed by atoms with van der Waals surface area (Å²) in [5.41, 5.74) is 1.61. The fourth-order valence-corrected chi connectivity index (χ4v) is 6.82. The molecule has 3 fully saturated rings. The van der Waals surface area contributed by atoms with E-state index in [-0.39, 0.29) is 25.3 Å². The van der Waals surface area contributed by atoms with Gasteiger partial charge in [-0.2, -0.15) is 0 Å². The van der Waals surface area contributed by atoms with Gasteiger partial charge in [-0.3, -0.25) is 28.8 Å². The molecule has 3 heterocycles.